The fraction of sp³-hybridized carbons (Fsp3) is 0.138. The van der Waals surface area contributed by atoms with Crippen LogP contribution in [-0.4, -0.2) is 18.3 Å². The van der Waals surface area contributed by atoms with Gasteiger partial charge in [0.2, 0.25) is 0 Å². The van der Waals surface area contributed by atoms with Gasteiger partial charge in [0.05, 0.1) is 0 Å². The summed E-state index contributed by atoms with van der Waals surface area (Å²) in [6.45, 7) is 2.15. The van der Waals surface area contributed by atoms with Crippen molar-refractivity contribution in [3.05, 3.63) is 96.7 Å². The van der Waals surface area contributed by atoms with E-state index in [0.717, 1.165) is 50.2 Å². The Morgan fingerprint density at radius 3 is 1.97 bits per heavy atom. The Kier molecular flexibility index (Phi) is 5.26. The van der Waals surface area contributed by atoms with Gasteiger partial charge in [0.25, 0.3) is 0 Å². The molecule has 5 aromatic rings. The van der Waals surface area contributed by atoms with Gasteiger partial charge in [-0.1, -0.05) is 6.07 Å². The molecule has 0 saturated carbocycles. The quantitative estimate of drug-likeness (QED) is 0.248. The summed E-state index contributed by atoms with van der Waals surface area (Å²) in [4.78, 5) is 4.87. The first kappa shape index (κ1) is 20.8. The molecule has 158 valence electrons. The van der Waals surface area contributed by atoms with Gasteiger partial charge in [-0.15, -0.1) is 0 Å². The summed E-state index contributed by atoms with van der Waals surface area (Å²) < 4.78 is 7.93. The first-order valence-corrected chi connectivity index (χ1v) is 18.4. The monoisotopic (exact) mass is 479 g/mol. The van der Waals surface area contributed by atoms with Crippen LogP contribution >= 0.6 is 0 Å². The fourth-order valence-corrected chi connectivity index (χ4v) is 6.34. The van der Waals surface area contributed by atoms with Crippen molar-refractivity contribution in [3.63, 3.8) is 0 Å². The molecule has 0 bridgehead atoms. The number of fused-ring (bicyclic) bond motifs is 1. The molecule has 2 heterocycles. The second-order valence-corrected chi connectivity index (χ2v) is 20.0. The van der Waals surface area contributed by atoms with E-state index in [1.807, 2.05) is 12.1 Å². The van der Waals surface area contributed by atoms with Crippen LogP contribution in [0.2, 0.25) is 17.3 Å². The number of pyridine rings is 1. The minimum absolute atomic E-state index is 0.928. The normalized spacial score (nSPS) is 11.8. The van der Waals surface area contributed by atoms with E-state index in [1.165, 1.54) is 4.40 Å². The molecule has 2 nitrogen and oxygen atoms in total. The van der Waals surface area contributed by atoms with Crippen LogP contribution < -0.4 is 4.40 Å². The Morgan fingerprint density at radius 1 is 0.719 bits per heavy atom. The van der Waals surface area contributed by atoms with Gasteiger partial charge in [-0.2, -0.15) is 0 Å². The molecule has 0 saturated heterocycles. The van der Waals surface area contributed by atoms with Crippen molar-refractivity contribution in [1.82, 2.24) is 4.98 Å². The Balaban J connectivity index is 1.74. The first-order valence-electron chi connectivity index (χ1n) is 11.1. The second kappa shape index (κ2) is 8.10. The molecular formula is C29H27GeNO. The van der Waals surface area contributed by atoms with E-state index < -0.39 is 13.3 Å². The van der Waals surface area contributed by atoms with E-state index in [1.54, 1.807) is 0 Å². The van der Waals surface area contributed by atoms with Gasteiger partial charge in [0.15, 0.2) is 0 Å². The van der Waals surface area contributed by atoms with Crippen LogP contribution in [0, 0.1) is 6.92 Å². The maximum atomic E-state index is 6.51. The van der Waals surface area contributed by atoms with Crippen molar-refractivity contribution in [2.45, 2.75) is 24.2 Å². The first-order chi connectivity index (χ1) is 15.4. The molecule has 0 fully saturated rings. The zero-order chi connectivity index (χ0) is 22.3. The van der Waals surface area contributed by atoms with Gasteiger partial charge in [-0.05, 0) is 0 Å². The number of aromatic nitrogens is 1. The molecule has 0 amide bonds. The Labute approximate surface area is 192 Å². The topological polar surface area (TPSA) is 26.0 Å². The number of hydrogen-bond acceptors (Lipinski definition) is 2. The molecule has 0 atom stereocenters. The number of rotatable bonds is 4. The molecule has 0 aliphatic rings. The molecule has 5 rings (SSSR count). The summed E-state index contributed by atoms with van der Waals surface area (Å²) in [5.74, 6) is 8.13. The van der Waals surface area contributed by atoms with Crippen LogP contribution in [-0.2, 0) is 0 Å². The van der Waals surface area contributed by atoms with Gasteiger partial charge in [-0.3, -0.25) is 0 Å². The van der Waals surface area contributed by atoms with Crippen molar-refractivity contribution in [3.8, 4) is 33.7 Å². The maximum absolute atomic E-state index is 6.51. The minimum atomic E-state index is -1.90. The molecular weight excluding hydrogens is 451 g/mol. The zero-order valence-electron chi connectivity index (χ0n) is 19.0. The molecule has 2 aromatic heterocycles. The Hall–Kier alpha value is -3.11. The van der Waals surface area contributed by atoms with Gasteiger partial charge >= 0.3 is 187 Å². The summed E-state index contributed by atoms with van der Waals surface area (Å²) in [6, 6.07) is 29.7. The Bertz CT molecular complexity index is 1380. The van der Waals surface area contributed by atoms with Crippen LogP contribution in [0.4, 0.5) is 0 Å². The number of benzene rings is 3. The Morgan fingerprint density at radius 2 is 1.38 bits per heavy atom. The van der Waals surface area contributed by atoms with Gasteiger partial charge in [-0.25, -0.2) is 0 Å². The number of hydrogen-bond donors (Lipinski definition) is 0. The van der Waals surface area contributed by atoms with Crippen LogP contribution in [0.1, 0.15) is 5.56 Å². The number of aryl methyl sites for hydroxylation is 1. The molecule has 0 spiro atoms. The number of furan rings is 1. The van der Waals surface area contributed by atoms with Gasteiger partial charge < -0.3 is 0 Å². The molecule has 3 heteroatoms. The molecule has 0 aliphatic heterocycles. The summed E-state index contributed by atoms with van der Waals surface area (Å²) in [7, 11) is 0. The van der Waals surface area contributed by atoms with Crippen molar-refractivity contribution >= 4 is 28.6 Å². The van der Waals surface area contributed by atoms with E-state index in [9.17, 15) is 0 Å². The summed E-state index contributed by atoms with van der Waals surface area (Å²) >= 11 is -1.90. The van der Waals surface area contributed by atoms with Crippen molar-refractivity contribution in [1.29, 1.82) is 0 Å². The summed E-state index contributed by atoms with van der Waals surface area (Å²) in [5.41, 5.74) is 7.55. The third-order valence-corrected chi connectivity index (χ3v) is 10.3. The average molecular weight is 478 g/mol. The van der Waals surface area contributed by atoms with Crippen LogP contribution in [0.25, 0.3) is 44.7 Å². The SMILES string of the molecule is Cc1c(-c2ccccc2)oc2c(-c3ccccc3)cc(-c3cc[c]([Ge]([CH3])([CH3])[CH3])cn3)cc12. The summed E-state index contributed by atoms with van der Waals surface area (Å²) in [6.07, 6.45) is 2.08. The molecule has 0 N–H and O–H groups in total. The standard InChI is InChI=1S/C29H27GeNO/c1-20-25-17-23(27-16-15-24(19-31-27)30(2,3)4)18-26(21-11-7-5-8-12-21)29(25)32-28(20)22-13-9-6-10-14-22/h5-19H,1-4H3. The van der Waals surface area contributed by atoms with E-state index in [4.69, 9.17) is 9.40 Å². The van der Waals surface area contributed by atoms with E-state index in [0.29, 0.717) is 0 Å². The second-order valence-electron chi connectivity index (χ2n) is 9.37. The predicted octanol–water partition coefficient (Wildman–Crippen LogP) is 7.68. The zero-order valence-corrected chi connectivity index (χ0v) is 21.1. The van der Waals surface area contributed by atoms with Crippen LogP contribution in [0.15, 0.2) is 95.5 Å². The van der Waals surface area contributed by atoms with Gasteiger partial charge in [0.1, 0.15) is 0 Å². The van der Waals surface area contributed by atoms with Crippen molar-refractivity contribution in [2.75, 3.05) is 0 Å². The van der Waals surface area contributed by atoms with E-state index >= 15 is 0 Å². The fourth-order valence-electron chi connectivity index (χ4n) is 4.17. The molecule has 0 aliphatic carbocycles. The predicted molar refractivity (Wildman–Crippen MR) is 138 cm³/mol. The molecule has 0 unspecified atom stereocenters. The van der Waals surface area contributed by atoms with Gasteiger partial charge in [0, 0.05) is 0 Å². The number of nitrogens with zero attached hydrogens (tertiary/aromatic N) is 1. The summed E-state index contributed by atoms with van der Waals surface area (Å²) in [5, 5.41) is 1.14. The van der Waals surface area contributed by atoms with E-state index in [-0.39, 0.29) is 0 Å². The molecule has 0 radical (unpaired) electrons. The average Bonchev–Trinajstić information content (AvgIpc) is 3.15. The third-order valence-electron chi connectivity index (χ3n) is 6.08. The third kappa shape index (κ3) is 3.80. The van der Waals surface area contributed by atoms with E-state index in [2.05, 4.69) is 103 Å². The van der Waals surface area contributed by atoms with Crippen molar-refractivity contribution in [2.24, 2.45) is 0 Å². The van der Waals surface area contributed by atoms with Crippen LogP contribution in [0.3, 0.4) is 0 Å². The molecule has 3 aromatic carbocycles. The van der Waals surface area contributed by atoms with Crippen molar-refractivity contribution < 1.29 is 4.42 Å². The van der Waals surface area contributed by atoms with Crippen LogP contribution in [0.5, 0.6) is 0 Å². The molecule has 32 heavy (non-hydrogen) atoms.